The van der Waals surface area contributed by atoms with Gasteiger partial charge < -0.3 is 14.0 Å². The number of ether oxygens (including phenoxy) is 2. The Hall–Kier alpha value is -4.44. The van der Waals surface area contributed by atoms with Crippen molar-refractivity contribution < 1.29 is 27.5 Å². The lowest BCUT2D eigenvalue weighted by Gasteiger charge is -2.13. The average Bonchev–Trinajstić information content (AvgIpc) is 3.31. The number of aldehydes is 1. The first-order chi connectivity index (χ1) is 19.4. The number of hydrogen-bond donors (Lipinski definition) is 1. The molecule has 4 rings (SSSR count). The largest absolute Gasteiger partial charge is 0.479 e. The quantitative estimate of drug-likeness (QED) is 0.231. The number of carbonyl (C=O) groups is 2. The maximum atomic E-state index is 13.1. The molecule has 10 heteroatoms. The van der Waals surface area contributed by atoms with Crippen LogP contribution in [0.25, 0.3) is 11.1 Å². The smallest absolute Gasteiger partial charge is 0.421 e. The molecule has 0 radical (unpaired) electrons. The molecule has 0 aliphatic carbocycles. The van der Waals surface area contributed by atoms with Crippen LogP contribution in [0.5, 0.6) is 5.88 Å². The number of aromatic nitrogens is 2. The Bertz CT molecular complexity index is 1560. The third-order valence-electron chi connectivity index (χ3n) is 6.32. The normalized spacial score (nSPS) is 11.2. The Balaban J connectivity index is 1.53. The van der Waals surface area contributed by atoms with E-state index in [1.165, 1.54) is 13.2 Å². The summed E-state index contributed by atoms with van der Waals surface area (Å²) >= 11 is 0. The molecule has 0 saturated carbocycles. The summed E-state index contributed by atoms with van der Waals surface area (Å²) in [5.74, 6) is 1.07. The van der Waals surface area contributed by atoms with Crippen LogP contribution in [-0.4, -0.2) is 37.5 Å². The van der Waals surface area contributed by atoms with Crippen LogP contribution in [0.15, 0.2) is 83.8 Å². The predicted octanol–water partition coefficient (Wildman–Crippen LogP) is 5.38. The molecule has 9 nitrogen and oxygen atoms in total. The molecule has 208 valence electrons. The fraction of sp³-hybridized carbons (Fsp3) is 0.233. The third kappa shape index (κ3) is 6.76. The number of methoxy groups -OCH3 is 1. The van der Waals surface area contributed by atoms with Crippen molar-refractivity contribution >= 4 is 22.4 Å². The van der Waals surface area contributed by atoms with Crippen molar-refractivity contribution in [3.05, 3.63) is 102 Å². The van der Waals surface area contributed by atoms with Crippen molar-refractivity contribution in [3.63, 3.8) is 0 Å². The van der Waals surface area contributed by atoms with Crippen molar-refractivity contribution in [2.24, 2.45) is 0 Å². The van der Waals surface area contributed by atoms with Gasteiger partial charge in [0.1, 0.15) is 18.1 Å². The molecule has 1 N–H and O–H groups in total. The molecular weight excluding hydrogens is 530 g/mol. The SMILES string of the molecule is CCCCc1nc(OC)c(C=O)n1Cc1ccc(-c2ccccc2S(=O)(=O)NC(=O)OCc2ccccc2)cc1. The van der Waals surface area contributed by atoms with E-state index in [9.17, 15) is 18.0 Å². The number of benzene rings is 3. The van der Waals surface area contributed by atoms with Crippen molar-refractivity contribution in [2.75, 3.05) is 7.11 Å². The summed E-state index contributed by atoms with van der Waals surface area (Å²) in [7, 11) is -2.73. The molecule has 3 aromatic carbocycles. The first kappa shape index (κ1) is 28.6. The summed E-state index contributed by atoms with van der Waals surface area (Å²) < 4.78 is 40.5. The van der Waals surface area contributed by atoms with Gasteiger partial charge in [0.15, 0.2) is 6.29 Å². The van der Waals surface area contributed by atoms with Crippen LogP contribution in [0.2, 0.25) is 0 Å². The van der Waals surface area contributed by atoms with Crippen LogP contribution < -0.4 is 9.46 Å². The van der Waals surface area contributed by atoms with Gasteiger partial charge in [0.2, 0.25) is 5.88 Å². The van der Waals surface area contributed by atoms with E-state index in [1.807, 2.05) is 27.5 Å². The molecule has 0 aliphatic rings. The minimum absolute atomic E-state index is 0.0520. The number of nitrogens with zero attached hydrogens (tertiary/aromatic N) is 2. The second kappa shape index (κ2) is 13.1. The number of carbonyl (C=O) groups excluding carboxylic acids is 2. The molecule has 1 heterocycles. The van der Waals surface area contributed by atoms with E-state index in [1.54, 1.807) is 54.6 Å². The molecule has 0 spiro atoms. The zero-order chi connectivity index (χ0) is 28.5. The lowest BCUT2D eigenvalue weighted by molar-refractivity contribution is 0.111. The summed E-state index contributed by atoms with van der Waals surface area (Å²) in [5, 5.41) is 0. The number of aryl methyl sites for hydroxylation is 1. The lowest BCUT2D eigenvalue weighted by atomic mass is 10.0. The number of unbranched alkanes of at least 4 members (excludes halogenated alkanes) is 1. The second-order valence-corrected chi connectivity index (χ2v) is 10.7. The van der Waals surface area contributed by atoms with E-state index in [0.29, 0.717) is 35.7 Å². The Morgan fingerprint density at radius 1 is 0.975 bits per heavy atom. The van der Waals surface area contributed by atoms with E-state index < -0.39 is 16.1 Å². The second-order valence-electron chi connectivity index (χ2n) is 9.09. The molecule has 0 fully saturated rings. The fourth-order valence-corrected chi connectivity index (χ4v) is 5.41. The average molecular weight is 562 g/mol. The highest BCUT2D eigenvalue weighted by molar-refractivity contribution is 7.90. The Kier molecular flexibility index (Phi) is 9.34. The molecule has 1 amide bonds. The highest BCUT2D eigenvalue weighted by atomic mass is 32.2. The number of sulfonamides is 1. The summed E-state index contributed by atoms with van der Waals surface area (Å²) in [5.41, 5.74) is 3.08. The highest BCUT2D eigenvalue weighted by Crippen LogP contribution is 2.28. The van der Waals surface area contributed by atoms with E-state index >= 15 is 0 Å². The van der Waals surface area contributed by atoms with E-state index in [0.717, 1.165) is 36.1 Å². The third-order valence-corrected chi connectivity index (χ3v) is 7.69. The van der Waals surface area contributed by atoms with Gasteiger partial charge in [0.05, 0.1) is 12.0 Å². The molecule has 0 atom stereocenters. The van der Waals surface area contributed by atoms with Crippen LogP contribution in [0.4, 0.5) is 4.79 Å². The Labute approximate surface area is 233 Å². The van der Waals surface area contributed by atoms with Crippen LogP contribution in [0, 0.1) is 0 Å². The summed E-state index contributed by atoms with van der Waals surface area (Å²) in [6, 6.07) is 22.7. The minimum Gasteiger partial charge on any atom is -0.479 e. The molecule has 4 aromatic rings. The van der Waals surface area contributed by atoms with Crippen LogP contribution >= 0.6 is 0 Å². The number of imidazole rings is 1. The molecule has 0 aliphatic heterocycles. The van der Waals surface area contributed by atoms with Gasteiger partial charge in [-0.2, -0.15) is 4.98 Å². The summed E-state index contributed by atoms with van der Waals surface area (Å²) in [6.07, 6.45) is 2.31. The number of hydrogen-bond acceptors (Lipinski definition) is 7. The highest BCUT2D eigenvalue weighted by Gasteiger charge is 2.23. The molecule has 0 unspecified atom stereocenters. The standard InChI is InChI=1S/C30H31N3O6S/c1-3-4-14-28-31-29(38-2)26(20-34)33(28)19-22-15-17-24(18-16-22)25-12-8-9-13-27(25)40(36,37)32-30(35)39-21-23-10-6-5-7-11-23/h5-13,15-18,20H,3-4,14,19,21H2,1-2H3,(H,32,35). The topological polar surface area (TPSA) is 117 Å². The Morgan fingerprint density at radius 2 is 1.68 bits per heavy atom. The van der Waals surface area contributed by atoms with Gasteiger partial charge in [-0.15, -0.1) is 0 Å². The van der Waals surface area contributed by atoms with Gasteiger partial charge in [-0.05, 0) is 29.2 Å². The summed E-state index contributed by atoms with van der Waals surface area (Å²) in [6.45, 7) is 2.43. The van der Waals surface area contributed by atoms with Crippen LogP contribution in [0.3, 0.4) is 0 Å². The van der Waals surface area contributed by atoms with Crippen molar-refractivity contribution in [3.8, 4) is 17.0 Å². The van der Waals surface area contributed by atoms with Gasteiger partial charge in [-0.1, -0.05) is 86.1 Å². The number of rotatable bonds is 12. The van der Waals surface area contributed by atoms with E-state index in [-0.39, 0.29) is 11.5 Å². The first-order valence-electron chi connectivity index (χ1n) is 12.9. The number of nitrogens with one attached hydrogen (secondary N) is 1. The van der Waals surface area contributed by atoms with Gasteiger partial charge in [0, 0.05) is 18.5 Å². The van der Waals surface area contributed by atoms with Crippen molar-refractivity contribution in [2.45, 2.75) is 44.2 Å². The van der Waals surface area contributed by atoms with Crippen LogP contribution in [0.1, 0.15) is 47.2 Å². The predicted molar refractivity (Wildman–Crippen MR) is 151 cm³/mol. The van der Waals surface area contributed by atoms with Gasteiger partial charge in [0.25, 0.3) is 10.0 Å². The lowest BCUT2D eigenvalue weighted by Crippen LogP contribution is -2.31. The Morgan fingerprint density at radius 3 is 2.35 bits per heavy atom. The maximum absolute atomic E-state index is 13.1. The zero-order valence-corrected chi connectivity index (χ0v) is 23.2. The minimum atomic E-state index is -4.21. The first-order valence-corrected chi connectivity index (χ1v) is 14.3. The van der Waals surface area contributed by atoms with Crippen molar-refractivity contribution in [1.82, 2.24) is 14.3 Å². The van der Waals surface area contributed by atoms with Crippen molar-refractivity contribution in [1.29, 1.82) is 0 Å². The molecular formula is C30H31N3O6S. The zero-order valence-electron chi connectivity index (χ0n) is 22.4. The molecule has 40 heavy (non-hydrogen) atoms. The fourth-order valence-electron chi connectivity index (χ4n) is 4.28. The van der Waals surface area contributed by atoms with Gasteiger partial charge >= 0.3 is 6.09 Å². The van der Waals surface area contributed by atoms with Gasteiger partial charge in [-0.3, -0.25) is 4.79 Å². The van der Waals surface area contributed by atoms with E-state index in [4.69, 9.17) is 9.47 Å². The van der Waals surface area contributed by atoms with Crippen LogP contribution in [-0.2, 0) is 34.3 Å². The molecule has 0 bridgehead atoms. The van der Waals surface area contributed by atoms with E-state index in [2.05, 4.69) is 11.9 Å². The summed E-state index contributed by atoms with van der Waals surface area (Å²) in [4.78, 5) is 28.5. The van der Waals surface area contributed by atoms with Gasteiger partial charge in [-0.25, -0.2) is 17.9 Å². The monoisotopic (exact) mass is 561 g/mol. The number of amides is 1. The maximum Gasteiger partial charge on any atom is 0.421 e. The molecule has 1 aromatic heterocycles. The molecule has 0 saturated heterocycles.